The summed E-state index contributed by atoms with van der Waals surface area (Å²) in [5, 5.41) is 9.61. The van der Waals surface area contributed by atoms with Crippen molar-refractivity contribution in [2.75, 3.05) is 26.2 Å². The minimum atomic E-state index is 1.02. The summed E-state index contributed by atoms with van der Waals surface area (Å²) in [6, 6.07) is 23.8. The second-order valence-electron chi connectivity index (χ2n) is 7.18. The predicted octanol–water partition coefficient (Wildman–Crippen LogP) is 2.88. The number of hydrazone groups is 1. The largest absolute Gasteiger partial charge is 0.328 e. The number of nitrogens with one attached hydrogen (secondary N) is 1. The van der Waals surface area contributed by atoms with Gasteiger partial charge in [0.1, 0.15) is 6.54 Å². The lowest BCUT2D eigenvalue weighted by molar-refractivity contribution is -0.918. The molecule has 0 bridgehead atoms. The topological polar surface area (TPSA) is 20.0 Å². The molecular weight excluding hydrogens is 318 g/mol. The molecule has 1 fully saturated rings. The summed E-state index contributed by atoms with van der Waals surface area (Å²) in [7, 11) is 0. The van der Waals surface area contributed by atoms with Crippen LogP contribution in [0, 0.1) is 6.92 Å². The number of hydrogen-bond acceptors (Lipinski definition) is 2. The first-order valence-electron chi connectivity index (χ1n) is 9.44. The summed E-state index contributed by atoms with van der Waals surface area (Å²) in [6.45, 7) is 7.51. The Balaban J connectivity index is 1.36. The standard InChI is InChI=1S/C23H25N3/c1-19-6-4-7-20(16-19)17-24-26-14-12-25(13-15-26)18-22-10-5-9-21-8-2-3-11-23(21)22/h2-11,16-17H,12-15,18H2,1H3/p+1. The van der Waals surface area contributed by atoms with Crippen molar-refractivity contribution in [2.24, 2.45) is 5.10 Å². The van der Waals surface area contributed by atoms with Crippen LogP contribution in [0.5, 0.6) is 0 Å². The molecule has 1 N–H and O–H groups in total. The van der Waals surface area contributed by atoms with Crippen molar-refractivity contribution in [3.05, 3.63) is 83.4 Å². The third kappa shape index (κ3) is 3.94. The van der Waals surface area contributed by atoms with E-state index in [1.54, 1.807) is 4.90 Å². The molecular formula is C23H26N3+. The molecule has 26 heavy (non-hydrogen) atoms. The van der Waals surface area contributed by atoms with Gasteiger partial charge >= 0.3 is 0 Å². The fourth-order valence-electron chi connectivity index (χ4n) is 3.72. The lowest BCUT2D eigenvalue weighted by Gasteiger charge is -2.30. The van der Waals surface area contributed by atoms with E-state index in [2.05, 4.69) is 83.8 Å². The lowest BCUT2D eigenvalue weighted by atomic mass is 10.0. The molecule has 1 saturated heterocycles. The van der Waals surface area contributed by atoms with Crippen LogP contribution in [0.15, 0.2) is 71.8 Å². The average molecular weight is 344 g/mol. The SMILES string of the molecule is Cc1cccc(C=NN2CC[NH+](Cc3cccc4ccccc34)CC2)c1. The predicted molar refractivity (Wildman–Crippen MR) is 109 cm³/mol. The van der Waals surface area contributed by atoms with Crippen LogP contribution in [-0.2, 0) is 6.54 Å². The van der Waals surface area contributed by atoms with E-state index in [1.807, 2.05) is 6.21 Å². The molecule has 1 heterocycles. The lowest BCUT2D eigenvalue weighted by Crippen LogP contribution is -3.13. The van der Waals surface area contributed by atoms with Crippen LogP contribution in [0.3, 0.4) is 0 Å². The number of nitrogens with zero attached hydrogens (tertiary/aromatic N) is 2. The zero-order valence-electron chi connectivity index (χ0n) is 15.4. The van der Waals surface area contributed by atoms with Gasteiger partial charge in [0, 0.05) is 5.56 Å². The van der Waals surface area contributed by atoms with Crippen molar-refractivity contribution in [3.8, 4) is 0 Å². The molecule has 0 atom stereocenters. The number of hydrogen-bond donors (Lipinski definition) is 1. The third-order valence-corrected chi connectivity index (χ3v) is 5.18. The molecule has 0 aromatic heterocycles. The number of piperazine rings is 1. The maximum atomic E-state index is 4.68. The summed E-state index contributed by atoms with van der Waals surface area (Å²) in [4.78, 5) is 1.64. The maximum Gasteiger partial charge on any atom is 0.104 e. The highest BCUT2D eigenvalue weighted by molar-refractivity contribution is 5.85. The van der Waals surface area contributed by atoms with Crippen molar-refractivity contribution < 1.29 is 4.90 Å². The molecule has 1 aliphatic rings. The molecule has 3 aromatic rings. The molecule has 0 aliphatic carbocycles. The van der Waals surface area contributed by atoms with E-state index < -0.39 is 0 Å². The zero-order chi connectivity index (χ0) is 17.8. The Morgan fingerprint density at radius 3 is 2.58 bits per heavy atom. The maximum absolute atomic E-state index is 4.68. The number of benzene rings is 3. The van der Waals surface area contributed by atoms with E-state index in [1.165, 1.54) is 27.5 Å². The summed E-state index contributed by atoms with van der Waals surface area (Å²) in [6.07, 6.45) is 1.99. The molecule has 132 valence electrons. The second kappa shape index (κ2) is 7.71. The first-order valence-corrected chi connectivity index (χ1v) is 9.44. The van der Waals surface area contributed by atoms with Crippen LogP contribution in [0.1, 0.15) is 16.7 Å². The van der Waals surface area contributed by atoms with E-state index in [4.69, 9.17) is 0 Å². The normalized spacial score (nSPS) is 15.8. The number of fused-ring (bicyclic) bond motifs is 1. The molecule has 4 rings (SSSR count). The Labute approximate surface area is 155 Å². The zero-order valence-corrected chi connectivity index (χ0v) is 15.4. The fourth-order valence-corrected chi connectivity index (χ4v) is 3.72. The van der Waals surface area contributed by atoms with Gasteiger partial charge in [-0.3, -0.25) is 5.01 Å². The molecule has 0 saturated carbocycles. The van der Waals surface area contributed by atoms with Gasteiger partial charge in [-0.15, -0.1) is 0 Å². The van der Waals surface area contributed by atoms with Gasteiger partial charge < -0.3 is 4.90 Å². The quantitative estimate of drug-likeness (QED) is 0.722. The third-order valence-electron chi connectivity index (χ3n) is 5.18. The minimum absolute atomic E-state index is 1.02. The number of aryl methyl sites for hydroxylation is 1. The highest BCUT2D eigenvalue weighted by atomic mass is 15.5. The van der Waals surface area contributed by atoms with Gasteiger partial charge in [-0.25, -0.2) is 0 Å². The van der Waals surface area contributed by atoms with Crippen LogP contribution in [-0.4, -0.2) is 37.4 Å². The van der Waals surface area contributed by atoms with Crippen LogP contribution in [0.4, 0.5) is 0 Å². The molecule has 0 unspecified atom stereocenters. The Morgan fingerprint density at radius 2 is 1.73 bits per heavy atom. The van der Waals surface area contributed by atoms with E-state index >= 15 is 0 Å². The first-order chi connectivity index (χ1) is 12.8. The van der Waals surface area contributed by atoms with Crippen LogP contribution in [0.2, 0.25) is 0 Å². The van der Waals surface area contributed by atoms with Crippen LogP contribution >= 0.6 is 0 Å². The van der Waals surface area contributed by atoms with Crippen LogP contribution < -0.4 is 4.90 Å². The highest BCUT2D eigenvalue weighted by Crippen LogP contribution is 2.17. The second-order valence-corrected chi connectivity index (χ2v) is 7.18. The van der Waals surface area contributed by atoms with Crippen molar-refractivity contribution in [2.45, 2.75) is 13.5 Å². The van der Waals surface area contributed by atoms with Gasteiger partial charge in [-0.2, -0.15) is 5.10 Å². The fraction of sp³-hybridized carbons (Fsp3) is 0.261. The monoisotopic (exact) mass is 344 g/mol. The van der Waals surface area contributed by atoms with Gasteiger partial charge in [0.05, 0.1) is 32.4 Å². The summed E-state index contributed by atoms with van der Waals surface area (Å²) >= 11 is 0. The smallest absolute Gasteiger partial charge is 0.104 e. The molecule has 0 amide bonds. The average Bonchev–Trinajstić information content (AvgIpc) is 2.68. The Bertz CT molecular complexity index is 903. The van der Waals surface area contributed by atoms with Crippen molar-refractivity contribution >= 4 is 17.0 Å². The van der Waals surface area contributed by atoms with Crippen molar-refractivity contribution in [1.29, 1.82) is 0 Å². The van der Waals surface area contributed by atoms with E-state index in [9.17, 15) is 0 Å². The van der Waals surface area contributed by atoms with Crippen molar-refractivity contribution in [3.63, 3.8) is 0 Å². The van der Waals surface area contributed by atoms with Gasteiger partial charge in [0.25, 0.3) is 0 Å². The molecule has 3 heteroatoms. The van der Waals surface area contributed by atoms with Gasteiger partial charge in [0.2, 0.25) is 0 Å². The van der Waals surface area contributed by atoms with E-state index in [-0.39, 0.29) is 0 Å². The van der Waals surface area contributed by atoms with Gasteiger partial charge in [-0.05, 0) is 23.3 Å². The van der Waals surface area contributed by atoms with Crippen LogP contribution in [0.25, 0.3) is 10.8 Å². The Hall–Kier alpha value is -2.65. The number of quaternary nitrogens is 1. The van der Waals surface area contributed by atoms with Gasteiger partial charge in [-0.1, -0.05) is 72.3 Å². The first kappa shape index (κ1) is 16.8. The molecule has 0 radical (unpaired) electrons. The summed E-state index contributed by atoms with van der Waals surface area (Å²) < 4.78 is 0. The Morgan fingerprint density at radius 1 is 0.962 bits per heavy atom. The minimum Gasteiger partial charge on any atom is -0.328 e. The molecule has 3 nitrogen and oxygen atoms in total. The summed E-state index contributed by atoms with van der Waals surface area (Å²) in [5.74, 6) is 0. The number of rotatable bonds is 4. The van der Waals surface area contributed by atoms with E-state index in [0.717, 1.165) is 32.7 Å². The molecule has 3 aromatic carbocycles. The van der Waals surface area contributed by atoms with Crippen molar-refractivity contribution in [1.82, 2.24) is 5.01 Å². The highest BCUT2D eigenvalue weighted by Gasteiger charge is 2.19. The molecule has 0 spiro atoms. The Kier molecular flexibility index (Phi) is 4.98. The van der Waals surface area contributed by atoms with Gasteiger partial charge in [0.15, 0.2) is 0 Å². The molecule has 1 aliphatic heterocycles. The van der Waals surface area contributed by atoms with E-state index in [0.29, 0.717) is 0 Å². The summed E-state index contributed by atoms with van der Waals surface area (Å²) in [5.41, 5.74) is 3.91.